The minimum Gasteiger partial charge on any atom is -0.317 e. The number of urea groups is 2. The summed E-state index contributed by atoms with van der Waals surface area (Å²) in [7, 11) is 0. The third kappa shape index (κ3) is 8.54. The van der Waals surface area contributed by atoms with Crippen molar-refractivity contribution in [3.8, 4) is 0 Å². The second-order valence-electron chi connectivity index (χ2n) is 11.7. The fourth-order valence-electron chi connectivity index (χ4n) is 6.33. The molecule has 0 spiro atoms. The highest BCUT2D eigenvalue weighted by atomic mass is 16.2. The highest BCUT2D eigenvalue weighted by molar-refractivity contribution is 5.89. The summed E-state index contributed by atoms with van der Waals surface area (Å²) in [6.07, 6.45) is 16.9. The predicted molar refractivity (Wildman–Crippen MR) is 167 cm³/mol. The molecule has 4 amide bonds. The van der Waals surface area contributed by atoms with Gasteiger partial charge in [0.05, 0.1) is 0 Å². The Kier molecular flexibility index (Phi) is 10.8. The fraction of sp³-hybridized carbons (Fsp3) is 0.471. The molecule has 2 fully saturated rings. The highest BCUT2D eigenvalue weighted by Gasteiger charge is 2.27. The molecule has 0 saturated heterocycles. The number of pyridine rings is 2. The quantitative estimate of drug-likeness (QED) is 0.270. The monoisotopic (exact) mass is 568 g/mol. The van der Waals surface area contributed by atoms with Gasteiger partial charge in [-0.15, -0.1) is 0 Å². The van der Waals surface area contributed by atoms with E-state index in [2.05, 4.69) is 44.9 Å². The molecule has 2 N–H and O–H groups in total. The molecule has 2 saturated carbocycles. The molecule has 2 aromatic heterocycles. The molecule has 42 heavy (non-hydrogen) atoms. The molecule has 8 nitrogen and oxygen atoms in total. The van der Waals surface area contributed by atoms with Gasteiger partial charge in [-0.05, 0) is 61.1 Å². The van der Waals surface area contributed by atoms with Crippen LogP contribution in [0, 0.1) is 0 Å². The van der Waals surface area contributed by atoms with Gasteiger partial charge in [-0.2, -0.15) is 0 Å². The second-order valence-corrected chi connectivity index (χ2v) is 11.7. The van der Waals surface area contributed by atoms with Crippen LogP contribution in [0.1, 0.15) is 88.2 Å². The van der Waals surface area contributed by atoms with E-state index in [1.54, 1.807) is 12.4 Å². The number of rotatable bonds is 8. The summed E-state index contributed by atoms with van der Waals surface area (Å²) in [5.41, 5.74) is 2.14. The molecule has 3 aromatic rings. The van der Waals surface area contributed by atoms with E-state index in [4.69, 9.17) is 0 Å². The maximum Gasteiger partial charge on any atom is 0.323 e. The van der Waals surface area contributed by atoms with Crippen LogP contribution in [-0.4, -0.2) is 43.9 Å². The van der Waals surface area contributed by atoms with E-state index < -0.39 is 0 Å². The molecule has 5 rings (SSSR count). The predicted octanol–water partition coefficient (Wildman–Crippen LogP) is 7.99. The number of hydrogen-bond acceptors (Lipinski definition) is 4. The third-order valence-corrected chi connectivity index (χ3v) is 8.55. The average Bonchev–Trinajstić information content (AvgIpc) is 3.46. The van der Waals surface area contributed by atoms with Crippen LogP contribution in [-0.2, 0) is 13.1 Å². The minimum atomic E-state index is -0.110. The summed E-state index contributed by atoms with van der Waals surface area (Å²) in [4.78, 5) is 39.8. The summed E-state index contributed by atoms with van der Waals surface area (Å²) in [6, 6.07) is 19.6. The zero-order chi connectivity index (χ0) is 29.0. The van der Waals surface area contributed by atoms with Crippen molar-refractivity contribution in [2.45, 2.75) is 102 Å². The number of carbonyl (C=O) groups excluding carboxylic acids is 2. The molecule has 0 radical (unpaired) electrons. The Balaban J connectivity index is 1.34. The summed E-state index contributed by atoms with van der Waals surface area (Å²) in [6.45, 7) is 1.03. The maximum atomic E-state index is 13.6. The van der Waals surface area contributed by atoms with Gasteiger partial charge in [0, 0.05) is 37.6 Å². The Labute approximate surface area is 249 Å². The van der Waals surface area contributed by atoms with Crippen molar-refractivity contribution < 1.29 is 9.59 Å². The van der Waals surface area contributed by atoms with Crippen LogP contribution in [0.4, 0.5) is 21.2 Å². The smallest absolute Gasteiger partial charge is 0.317 e. The summed E-state index contributed by atoms with van der Waals surface area (Å²) >= 11 is 0. The molecule has 0 aliphatic heterocycles. The average molecular weight is 569 g/mol. The van der Waals surface area contributed by atoms with E-state index in [0.29, 0.717) is 24.7 Å². The molecular weight excluding hydrogens is 524 g/mol. The minimum absolute atomic E-state index is 0.110. The SMILES string of the molecule is O=C(Nc1ccccn1)N(Cc1cccc(CN(C(=O)Nc2ccccn2)C2CCCCCC2)c1)C1CCCCCC1. The van der Waals surface area contributed by atoms with E-state index in [9.17, 15) is 9.59 Å². The van der Waals surface area contributed by atoms with Crippen molar-refractivity contribution in [3.05, 3.63) is 84.2 Å². The van der Waals surface area contributed by atoms with E-state index in [-0.39, 0.29) is 24.1 Å². The van der Waals surface area contributed by atoms with Gasteiger partial charge in [-0.25, -0.2) is 19.6 Å². The van der Waals surface area contributed by atoms with Gasteiger partial charge >= 0.3 is 12.1 Å². The van der Waals surface area contributed by atoms with Crippen molar-refractivity contribution in [1.29, 1.82) is 0 Å². The summed E-state index contributed by atoms with van der Waals surface area (Å²) in [5, 5.41) is 6.05. The lowest BCUT2D eigenvalue weighted by molar-refractivity contribution is 0.174. The molecule has 2 aliphatic carbocycles. The van der Waals surface area contributed by atoms with Crippen molar-refractivity contribution >= 4 is 23.7 Å². The second kappa shape index (κ2) is 15.3. The van der Waals surface area contributed by atoms with E-state index in [1.165, 1.54) is 25.7 Å². The van der Waals surface area contributed by atoms with Crippen LogP contribution >= 0.6 is 0 Å². The van der Waals surface area contributed by atoms with Gasteiger partial charge < -0.3 is 9.80 Å². The third-order valence-electron chi connectivity index (χ3n) is 8.55. The van der Waals surface area contributed by atoms with Gasteiger partial charge in [-0.1, -0.05) is 87.8 Å². The fourth-order valence-corrected chi connectivity index (χ4v) is 6.33. The molecule has 2 aliphatic rings. The molecule has 0 bridgehead atoms. The van der Waals surface area contributed by atoms with Gasteiger partial charge in [0.15, 0.2) is 0 Å². The Bertz CT molecular complexity index is 1160. The first-order valence-corrected chi connectivity index (χ1v) is 15.7. The molecule has 0 unspecified atom stereocenters. The number of carbonyl (C=O) groups is 2. The molecule has 0 atom stereocenters. The number of hydrogen-bond donors (Lipinski definition) is 2. The van der Waals surface area contributed by atoms with E-state index in [0.717, 1.165) is 62.5 Å². The van der Waals surface area contributed by atoms with E-state index in [1.807, 2.05) is 46.2 Å². The number of nitrogens with one attached hydrogen (secondary N) is 2. The first-order chi connectivity index (χ1) is 20.7. The van der Waals surface area contributed by atoms with E-state index >= 15 is 0 Å². The molecular formula is C34H44N6O2. The maximum absolute atomic E-state index is 13.6. The van der Waals surface area contributed by atoms with Crippen LogP contribution in [0.2, 0.25) is 0 Å². The van der Waals surface area contributed by atoms with Gasteiger partial charge in [-0.3, -0.25) is 10.6 Å². The first-order valence-electron chi connectivity index (χ1n) is 15.7. The van der Waals surface area contributed by atoms with Crippen molar-refractivity contribution in [3.63, 3.8) is 0 Å². The lowest BCUT2D eigenvalue weighted by atomic mass is 10.0. The highest BCUT2D eigenvalue weighted by Crippen LogP contribution is 2.27. The zero-order valence-corrected chi connectivity index (χ0v) is 24.6. The number of anilines is 2. The molecule has 2 heterocycles. The van der Waals surface area contributed by atoms with Crippen LogP contribution in [0.3, 0.4) is 0 Å². The molecule has 1 aromatic carbocycles. The Morgan fingerprint density at radius 3 is 1.40 bits per heavy atom. The normalized spacial score (nSPS) is 16.6. The lowest BCUT2D eigenvalue weighted by Gasteiger charge is -2.32. The zero-order valence-electron chi connectivity index (χ0n) is 24.6. The van der Waals surface area contributed by atoms with Gasteiger partial charge in [0.1, 0.15) is 11.6 Å². The summed E-state index contributed by atoms with van der Waals surface area (Å²) in [5.74, 6) is 1.13. The van der Waals surface area contributed by atoms with Gasteiger partial charge in [0.2, 0.25) is 0 Å². The van der Waals surface area contributed by atoms with Crippen LogP contribution < -0.4 is 10.6 Å². The van der Waals surface area contributed by atoms with Crippen molar-refractivity contribution in [1.82, 2.24) is 19.8 Å². The van der Waals surface area contributed by atoms with Crippen LogP contribution in [0.25, 0.3) is 0 Å². The Morgan fingerprint density at radius 1 is 0.595 bits per heavy atom. The Morgan fingerprint density at radius 2 is 1.02 bits per heavy atom. The van der Waals surface area contributed by atoms with Crippen molar-refractivity contribution in [2.24, 2.45) is 0 Å². The van der Waals surface area contributed by atoms with Crippen LogP contribution in [0.15, 0.2) is 73.1 Å². The number of amides is 4. The van der Waals surface area contributed by atoms with Gasteiger partial charge in [0.25, 0.3) is 0 Å². The number of benzene rings is 1. The van der Waals surface area contributed by atoms with Crippen molar-refractivity contribution in [2.75, 3.05) is 10.6 Å². The first kappa shape index (κ1) is 29.5. The topological polar surface area (TPSA) is 90.5 Å². The standard InChI is InChI=1S/C34H44N6O2/c41-33(37-31-20-9-11-22-35-31)39(29-16-5-1-2-6-17-29)25-27-14-13-15-28(24-27)26-40(30-18-7-3-4-8-19-30)34(42)38-32-21-10-12-23-36-32/h9-15,20-24,29-30H,1-8,16-19,25-26H2,(H,35,37,41)(H,36,38,42). The lowest BCUT2D eigenvalue weighted by Crippen LogP contribution is -2.43. The Hall–Kier alpha value is -3.94. The summed E-state index contributed by atoms with van der Waals surface area (Å²) < 4.78 is 0. The molecule has 8 heteroatoms. The number of aromatic nitrogens is 2. The van der Waals surface area contributed by atoms with Crippen LogP contribution in [0.5, 0.6) is 0 Å². The number of nitrogens with zero attached hydrogens (tertiary/aromatic N) is 4. The largest absolute Gasteiger partial charge is 0.323 e. The molecule has 222 valence electrons.